The van der Waals surface area contributed by atoms with Crippen molar-refractivity contribution in [3.8, 4) is 0 Å². The fraction of sp³-hybridized carbons (Fsp3) is 0.429. The van der Waals surface area contributed by atoms with Gasteiger partial charge in [0.05, 0.1) is 6.54 Å². The fourth-order valence-corrected chi connectivity index (χ4v) is 2.55. The van der Waals surface area contributed by atoms with E-state index in [1.165, 1.54) is 6.20 Å². The van der Waals surface area contributed by atoms with E-state index in [-0.39, 0.29) is 6.54 Å². The van der Waals surface area contributed by atoms with Crippen molar-refractivity contribution in [2.45, 2.75) is 25.6 Å². The second kappa shape index (κ2) is 5.38. The molecule has 0 radical (unpaired) electrons. The molecule has 1 aliphatic rings. The molecule has 0 atom stereocenters. The number of anilines is 1. The lowest BCUT2D eigenvalue weighted by Crippen LogP contribution is -2.19. The summed E-state index contributed by atoms with van der Waals surface area (Å²) in [7, 11) is 0. The van der Waals surface area contributed by atoms with E-state index in [0.29, 0.717) is 0 Å². The minimum atomic E-state index is -4.39. The fourth-order valence-electron chi connectivity index (χ4n) is 2.55. The lowest BCUT2D eigenvalue weighted by atomic mass is 10.2. The Hall–Kier alpha value is -2.05. The molecule has 0 aliphatic carbocycles. The molecule has 3 rings (SSSR count). The normalized spacial score (nSPS) is 15.7. The highest BCUT2D eigenvalue weighted by Gasteiger charge is 2.34. The van der Waals surface area contributed by atoms with Crippen LogP contribution in [0.3, 0.4) is 0 Å². The zero-order valence-corrected chi connectivity index (χ0v) is 11.3. The smallest absolute Gasteiger partial charge is 0.357 e. The van der Waals surface area contributed by atoms with E-state index in [0.717, 1.165) is 48.1 Å². The van der Waals surface area contributed by atoms with Crippen molar-refractivity contribution in [2.75, 3.05) is 18.0 Å². The Bertz CT molecular complexity index is 615. The average molecular weight is 296 g/mol. The van der Waals surface area contributed by atoms with E-state index in [1.54, 1.807) is 12.3 Å². The van der Waals surface area contributed by atoms with Crippen LogP contribution in [0.15, 0.2) is 30.6 Å². The molecule has 3 heterocycles. The zero-order chi connectivity index (χ0) is 14.9. The van der Waals surface area contributed by atoms with Crippen molar-refractivity contribution in [3.05, 3.63) is 41.9 Å². The van der Waals surface area contributed by atoms with Crippen molar-refractivity contribution in [1.82, 2.24) is 14.8 Å². The van der Waals surface area contributed by atoms with Crippen molar-refractivity contribution in [2.24, 2.45) is 0 Å². The summed E-state index contributed by atoms with van der Waals surface area (Å²) in [6, 6.07) is 4.55. The molecule has 0 amide bonds. The van der Waals surface area contributed by atoms with Gasteiger partial charge in [-0.1, -0.05) is 0 Å². The van der Waals surface area contributed by atoms with Crippen molar-refractivity contribution >= 4 is 5.82 Å². The van der Waals surface area contributed by atoms with Crippen molar-refractivity contribution in [1.29, 1.82) is 0 Å². The summed E-state index contributed by atoms with van der Waals surface area (Å²) in [6.07, 6.45) is 0.680. The molecular formula is C14H15F3N4. The van der Waals surface area contributed by atoms with Crippen LogP contribution in [0, 0.1) is 0 Å². The van der Waals surface area contributed by atoms with Crippen LogP contribution in [0.2, 0.25) is 0 Å². The summed E-state index contributed by atoms with van der Waals surface area (Å²) in [5.41, 5.74) is 0.0307. The standard InChI is InChI=1S/C14H15F3N4/c15-14(16,17)12-4-6-19-21(12)10-11-3-5-18-13(9-11)20-7-1-2-8-20/h3-6,9H,1-2,7-8,10H2. The quantitative estimate of drug-likeness (QED) is 0.873. The Kier molecular flexibility index (Phi) is 3.57. The molecule has 0 N–H and O–H groups in total. The summed E-state index contributed by atoms with van der Waals surface area (Å²) < 4.78 is 39.5. The number of hydrogen-bond donors (Lipinski definition) is 0. The molecule has 1 aliphatic heterocycles. The topological polar surface area (TPSA) is 34.0 Å². The predicted octanol–water partition coefficient (Wildman–Crippen LogP) is 2.95. The molecule has 0 spiro atoms. The maximum atomic E-state index is 12.8. The van der Waals surface area contributed by atoms with Crippen LogP contribution in [0.4, 0.5) is 19.0 Å². The lowest BCUT2D eigenvalue weighted by molar-refractivity contribution is -0.144. The minimum Gasteiger partial charge on any atom is -0.357 e. The van der Waals surface area contributed by atoms with Gasteiger partial charge in [0.25, 0.3) is 0 Å². The first-order chi connectivity index (χ1) is 10.0. The number of rotatable bonds is 3. The molecule has 0 unspecified atom stereocenters. The van der Waals surface area contributed by atoms with E-state index in [2.05, 4.69) is 15.0 Å². The van der Waals surface area contributed by atoms with E-state index in [1.807, 2.05) is 6.07 Å². The Balaban J connectivity index is 1.82. The summed E-state index contributed by atoms with van der Waals surface area (Å²) in [6.45, 7) is 1.99. The predicted molar refractivity (Wildman–Crippen MR) is 72.0 cm³/mol. The number of aromatic nitrogens is 3. The van der Waals surface area contributed by atoms with Crippen molar-refractivity contribution in [3.63, 3.8) is 0 Å². The summed E-state index contributed by atoms with van der Waals surface area (Å²) >= 11 is 0. The van der Waals surface area contributed by atoms with Gasteiger partial charge in [-0.3, -0.25) is 4.68 Å². The molecule has 21 heavy (non-hydrogen) atoms. The minimum absolute atomic E-state index is 0.0885. The zero-order valence-electron chi connectivity index (χ0n) is 11.3. The second-order valence-corrected chi connectivity index (χ2v) is 5.09. The summed E-state index contributed by atoms with van der Waals surface area (Å²) in [4.78, 5) is 6.45. The highest BCUT2D eigenvalue weighted by atomic mass is 19.4. The Morgan fingerprint density at radius 1 is 1.10 bits per heavy atom. The molecule has 4 nitrogen and oxygen atoms in total. The maximum Gasteiger partial charge on any atom is 0.433 e. The number of halogens is 3. The number of alkyl halides is 3. The highest BCUT2D eigenvalue weighted by molar-refractivity contribution is 5.41. The molecule has 0 aromatic carbocycles. The molecule has 2 aromatic heterocycles. The van der Waals surface area contributed by atoms with Gasteiger partial charge >= 0.3 is 6.18 Å². The second-order valence-electron chi connectivity index (χ2n) is 5.09. The average Bonchev–Trinajstić information content (AvgIpc) is 3.09. The molecular weight excluding hydrogens is 281 g/mol. The van der Waals surface area contributed by atoms with Gasteiger partial charge in [-0.25, -0.2) is 4.98 Å². The Labute approximate surface area is 120 Å². The largest absolute Gasteiger partial charge is 0.433 e. The van der Waals surface area contributed by atoms with E-state index in [4.69, 9.17) is 0 Å². The van der Waals surface area contributed by atoms with Crippen LogP contribution in [0.25, 0.3) is 0 Å². The molecule has 0 bridgehead atoms. The molecule has 7 heteroatoms. The monoisotopic (exact) mass is 296 g/mol. The molecule has 0 saturated carbocycles. The maximum absolute atomic E-state index is 12.8. The van der Waals surface area contributed by atoms with Gasteiger partial charge in [-0.15, -0.1) is 0 Å². The van der Waals surface area contributed by atoms with Crippen LogP contribution in [-0.4, -0.2) is 27.9 Å². The third-order valence-corrected chi connectivity index (χ3v) is 3.58. The third kappa shape index (κ3) is 3.01. The number of hydrogen-bond acceptors (Lipinski definition) is 3. The molecule has 2 aromatic rings. The molecule has 112 valence electrons. The Morgan fingerprint density at radius 2 is 1.86 bits per heavy atom. The van der Waals surface area contributed by atoms with Crippen LogP contribution in [0.1, 0.15) is 24.1 Å². The number of pyridine rings is 1. The van der Waals surface area contributed by atoms with Crippen LogP contribution in [-0.2, 0) is 12.7 Å². The third-order valence-electron chi connectivity index (χ3n) is 3.58. The van der Waals surface area contributed by atoms with Crippen LogP contribution >= 0.6 is 0 Å². The summed E-state index contributed by atoms with van der Waals surface area (Å²) in [5.74, 6) is 0.825. The first-order valence-electron chi connectivity index (χ1n) is 6.83. The molecule has 1 saturated heterocycles. The number of nitrogens with zero attached hydrogens (tertiary/aromatic N) is 4. The highest BCUT2D eigenvalue weighted by Crippen LogP contribution is 2.29. The first-order valence-corrected chi connectivity index (χ1v) is 6.83. The van der Waals surface area contributed by atoms with Gasteiger partial charge < -0.3 is 4.90 Å². The molecule has 1 fully saturated rings. The van der Waals surface area contributed by atoms with Gasteiger partial charge in [0.1, 0.15) is 11.5 Å². The van der Waals surface area contributed by atoms with Gasteiger partial charge in [0.15, 0.2) is 0 Å². The van der Waals surface area contributed by atoms with Crippen LogP contribution < -0.4 is 4.90 Å². The summed E-state index contributed by atoms with van der Waals surface area (Å²) in [5, 5.41) is 3.77. The van der Waals surface area contributed by atoms with Crippen molar-refractivity contribution < 1.29 is 13.2 Å². The van der Waals surface area contributed by atoms with Crippen LogP contribution in [0.5, 0.6) is 0 Å². The van der Waals surface area contributed by atoms with Gasteiger partial charge in [-0.05, 0) is 36.6 Å². The van der Waals surface area contributed by atoms with Gasteiger partial charge in [0.2, 0.25) is 0 Å². The van der Waals surface area contributed by atoms with E-state index < -0.39 is 11.9 Å². The SMILES string of the molecule is FC(F)(F)c1ccnn1Cc1ccnc(N2CCCC2)c1. The van der Waals surface area contributed by atoms with E-state index in [9.17, 15) is 13.2 Å². The first kappa shape index (κ1) is 13.9. The van der Waals surface area contributed by atoms with E-state index >= 15 is 0 Å². The lowest BCUT2D eigenvalue weighted by Gasteiger charge is -2.17. The van der Waals surface area contributed by atoms with Gasteiger partial charge in [-0.2, -0.15) is 18.3 Å². The van der Waals surface area contributed by atoms with Gasteiger partial charge in [0, 0.05) is 25.5 Å². The Morgan fingerprint density at radius 3 is 2.57 bits per heavy atom.